The third kappa shape index (κ3) is 3.58. The smallest absolute Gasteiger partial charge is 0.413 e. The molecule has 8 heteroatoms. The fourth-order valence-corrected chi connectivity index (χ4v) is 3.73. The lowest BCUT2D eigenvalue weighted by molar-refractivity contribution is 0.0803. The van der Waals surface area contributed by atoms with Crippen molar-refractivity contribution in [3.05, 3.63) is 40.2 Å². The molecule has 1 aliphatic carbocycles. The summed E-state index contributed by atoms with van der Waals surface area (Å²) in [5.41, 5.74) is 1.87. The van der Waals surface area contributed by atoms with Crippen LogP contribution in [0.5, 0.6) is 0 Å². The number of rotatable bonds is 3. The van der Waals surface area contributed by atoms with Crippen molar-refractivity contribution in [1.82, 2.24) is 9.97 Å². The SMILES string of the molecule is COC(=O)Nc1nc2c(s1)C(=O)C(C(=O)c1ccc(C)nc1)CCC2. The number of aromatic nitrogens is 2. The van der Waals surface area contributed by atoms with Gasteiger partial charge in [-0.15, -0.1) is 0 Å². The zero-order valence-corrected chi connectivity index (χ0v) is 14.7. The topological polar surface area (TPSA) is 98.2 Å². The Morgan fingerprint density at radius 3 is 2.84 bits per heavy atom. The standard InChI is InChI=1S/C17H17N3O4S/c1-9-6-7-10(8-18-9)13(21)11-4-3-5-12-15(14(11)22)25-16(19-12)20-17(23)24-2/h6-8,11H,3-5H2,1-2H3,(H,19,20,23). The Hall–Kier alpha value is -2.61. The number of Topliss-reactive ketones (excluding diaryl/α,β-unsaturated/α-hetero) is 2. The van der Waals surface area contributed by atoms with Crippen LogP contribution in [0.2, 0.25) is 0 Å². The summed E-state index contributed by atoms with van der Waals surface area (Å²) in [5.74, 6) is -1.20. The van der Waals surface area contributed by atoms with Gasteiger partial charge < -0.3 is 4.74 Å². The van der Waals surface area contributed by atoms with Gasteiger partial charge in [-0.2, -0.15) is 0 Å². The number of amides is 1. The molecule has 2 aromatic rings. The second-order valence-corrected chi connectivity index (χ2v) is 6.77. The van der Waals surface area contributed by atoms with Gasteiger partial charge in [0.25, 0.3) is 0 Å². The number of aryl methyl sites for hydroxylation is 2. The Balaban J connectivity index is 1.86. The highest BCUT2D eigenvalue weighted by molar-refractivity contribution is 7.17. The van der Waals surface area contributed by atoms with Crippen molar-refractivity contribution in [3.63, 3.8) is 0 Å². The molecule has 0 saturated heterocycles. The number of pyridine rings is 1. The minimum atomic E-state index is -0.739. The average molecular weight is 359 g/mol. The number of thiazole rings is 1. The Morgan fingerprint density at radius 2 is 2.16 bits per heavy atom. The van der Waals surface area contributed by atoms with Gasteiger partial charge in [-0.25, -0.2) is 9.78 Å². The van der Waals surface area contributed by atoms with Gasteiger partial charge in [0, 0.05) is 17.5 Å². The number of carbonyl (C=O) groups excluding carboxylic acids is 3. The van der Waals surface area contributed by atoms with E-state index in [0.29, 0.717) is 40.5 Å². The first-order valence-electron chi connectivity index (χ1n) is 7.85. The number of fused-ring (bicyclic) bond motifs is 1. The molecular formula is C17H17N3O4S. The second kappa shape index (κ2) is 7.10. The molecule has 0 fully saturated rings. The summed E-state index contributed by atoms with van der Waals surface area (Å²) in [6, 6.07) is 3.45. The lowest BCUT2D eigenvalue weighted by Gasteiger charge is -2.11. The van der Waals surface area contributed by atoms with Gasteiger partial charge >= 0.3 is 6.09 Å². The molecule has 1 atom stereocenters. The summed E-state index contributed by atoms with van der Waals surface area (Å²) in [7, 11) is 1.25. The number of nitrogens with zero attached hydrogens (tertiary/aromatic N) is 2. The molecule has 25 heavy (non-hydrogen) atoms. The average Bonchev–Trinajstić information content (AvgIpc) is 2.94. The van der Waals surface area contributed by atoms with E-state index in [2.05, 4.69) is 20.0 Å². The predicted octanol–water partition coefficient (Wildman–Crippen LogP) is 3.04. The van der Waals surface area contributed by atoms with E-state index >= 15 is 0 Å². The summed E-state index contributed by atoms with van der Waals surface area (Å²) in [6.07, 6.45) is 2.61. The van der Waals surface area contributed by atoms with Crippen LogP contribution in [0.15, 0.2) is 18.3 Å². The Morgan fingerprint density at radius 1 is 1.36 bits per heavy atom. The molecule has 0 aromatic carbocycles. The minimum absolute atomic E-state index is 0.221. The highest BCUT2D eigenvalue weighted by Gasteiger charge is 2.34. The van der Waals surface area contributed by atoms with E-state index in [1.54, 1.807) is 12.1 Å². The van der Waals surface area contributed by atoms with Gasteiger partial charge in [0.15, 0.2) is 16.7 Å². The molecule has 0 radical (unpaired) electrons. The van der Waals surface area contributed by atoms with Crippen LogP contribution >= 0.6 is 11.3 Å². The molecule has 1 aliphatic rings. The van der Waals surface area contributed by atoms with Gasteiger partial charge in [0.05, 0.1) is 23.6 Å². The first-order valence-corrected chi connectivity index (χ1v) is 8.67. The summed E-state index contributed by atoms with van der Waals surface area (Å²) in [6.45, 7) is 1.84. The van der Waals surface area contributed by atoms with Crippen molar-refractivity contribution < 1.29 is 19.1 Å². The maximum Gasteiger partial charge on any atom is 0.413 e. The van der Waals surface area contributed by atoms with Crippen molar-refractivity contribution in [2.45, 2.75) is 26.2 Å². The van der Waals surface area contributed by atoms with E-state index in [1.807, 2.05) is 6.92 Å². The predicted molar refractivity (Wildman–Crippen MR) is 92.2 cm³/mol. The lowest BCUT2D eigenvalue weighted by atomic mass is 9.91. The fraction of sp³-hybridized carbons (Fsp3) is 0.353. The van der Waals surface area contributed by atoms with Crippen molar-refractivity contribution in [3.8, 4) is 0 Å². The number of hydrogen-bond donors (Lipinski definition) is 1. The van der Waals surface area contributed by atoms with Crippen LogP contribution in [0.4, 0.5) is 9.93 Å². The first-order chi connectivity index (χ1) is 12.0. The van der Waals surface area contributed by atoms with Gasteiger partial charge in [-0.1, -0.05) is 11.3 Å². The molecule has 1 unspecified atom stereocenters. The molecule has 0 aliphatic heterocycles. The number of hydrogen-bond acceptors (Lipinski definition) is 7. The van der Waals surface area contributed by atoms with E-state index in [0.717, 1.165) is 17.0 Å². The molecule has 130 valence electrons. The van der Waals surface area contributed by atoms with Crippen molar-refractivity contribution in [2.75, 3.05) is 12.4 Å². The molecule has 7 nitrogen and oxygen atoms in total. The number of methoxy groups -OCH3 is 1. The number of carbonyl (C=O) groups is 3. The minimum Gasteiger partial charge on any atom is -0.453 e. The number of anilines is 1. The second-order valence-electron chi connectivity index (χ2n) is 5.77. The van der Waals surface area contributed by atoms with Gasteiger partial charge in [0.1, 0.15) is 0 Å². The third-order valence-corrected chi connectivity index (χ3v) is 5.08. The summed E-state index contributed by atoms with van der Waals surface area (Å²) >= 11 is 1.08. The lowest BCUT2D eigenvalue weighted by Crippen LogP contribution is -2.23. The maximum atomic E-state index is 12.9. The zero-order valence-electron chi connectivity index (χ0n) is 13.9. The van der Waals surface area contributed by atoms with Gasteiger partial charge in [-0.05, 0) is 38.3 Å². The summed E-state index contributed by atoms with van der Waals surface area (Å²) < 4.78 is 4.54. The highest BCUT2D eigenvalue weighted by atomic mass is 32.1. The summed E-state index contributed by atoms with van der Waals surface area (Å²) in [5, 5.41) is 2.77. The van der Waals surface area contributed by atoms with Crippen LogP contribution < -0.4 is 5.32 Å². The van der Waals surface area contributed by atoms with E-state index in [4.69, 9.17) is 0 Å². The molecule has 3 rings (SSSR count). The summed E-state index contributed by atoms with van der Waals surface area (Å²) in [4.78, 5) is 45.8. The zero-order chi connectivity index (χ0) is 18.0. The molecule has 0 bridgehead atoms. The van der Waals surface area contributed by atoms with Crippen LogP contribution in [-0.2, 0) is 11.2 Å². The highest BCUT2D eigenvalue weighted by Crippen LogP contribution is 2.32. The van der Waals surface area contributed by atoms with Crippen LogP contribution in [0, 0.1) is 12.8 Å². The molecule has 0 saturated carbocycles. The Bertz CT molecular complexity index is 829. The van der Waals surface area contributed by atoms with Gasteiger partial charge in [-0.3, -0.25) is 19.9 Å². The Kier molecular flexibility index (Phi) is 4.89. The van der Waals surface area contributed by atoms with E-state index in [-0.39, 0.29) is 11.6 Å². The largest absolute Gasteiger partial charge is 0.453 e. The van der Waals surface area contributed by atoms with Crippen molar-refractivity contribution in [2.24, 2.45) is 5.92 Å². The van der Waals surface area contributed by atoms with E-state index in [1.165, 1.54) is 13.3 Å². The van der Waals surface area contributed by atoms with Crippen LogP contribution in [0.25, 0.3) is 0 Å². The molecule has 2 aromatic heterocycles. The normalized spacial score (nSPS) is 16.7. The number of ketones is 2. The molecular weight excluding hydrogens is 342 g/mol. The number of ether oxygens (including phenoxy) is 1. The van der Waals surface area contributed by atoms with Gasteiger partial charge in [0.2, 0.25) is 0 Å². The van der Waals surface area contributed by atoms with Crippen LogP contribution in [0.1, 0.15) is 44.3 Å². The van der Waals surface area contributed by atoms with Crippen LogP contribution in [-0.4, -0.2) is 34.7 Å². The van der Waals surface area contributed by atoms with Crippen LogP contribution in [0.3, 0.4) is 0 Å². The third-order valence-electron chi connectivity index (χ3n) is 4.05. The maximum absolute atomic E-state index is 12.9. The molecule has 2 heterocycles. The van der Waals surface area contributed by atoms with E-state index < -0.39 is 12.0 Å². The Labute approximate surface area is 148 Å². The van der Waals surface area contributed by atoms with E-state index in [9.17, 15) is 14.4 Å². The quantitative estimate of drug-likeness (QED) is 0.514. The monoisotopic (exact) mass is 359 g/mol. The van der Waals surface area contributed by atoms with Crippen molar-refractivity contribution >= 4 is 34.1 Å². The molecule has 1 amide bonds. The van der Waals surface area contributed by atoms with Crippen molar-refractivity contribution in [1.29, 1.82) is 0 Å². The molecule has 0 spiro atoms. The number of nitrogens with one attached hydrogen (secondary N) is 1. The molecule has 1 N–H and O–H groups in total. The first kappa shape index (κ1) is 17.2. The fourth-order valence-electron chi connectivity index (χ4n) is 2.73.